The fourth-order valence-corrected chi connectivity index (χ4v) is 2.78. The number of hydrogen-bond acceptors (Lipinski definition) is 3. The zero-order chi connectivity index (χ0) is 13.1. The summed E-state index contributed by atoms with van der Waals surface area (Å²) in [5.74, 6) is -0.789. The number of aliphatic carboxylic acids is 1. The molecule has 1 aromatic carbocycles. The molecule has 0 saturated carbocycles. The molecule has 94 valence electrons. The van der Waals surface area contributed by atoms with Gasteiger partial charge in [-0.2, -0.15) is 5.26 Å². The standard InChI is InChI=1S/C13H13BrN2O2/c14-10-3-4-12(9(6-10)8-15)16-5-1-2-11(16)7-13(17)18/h3-4,6,11H,1-2,5,7H2,(H,17,18). The van der Waals surface area contributed by atoms with Crippen molar-refractivity contribution in [2.24, 2.45) is 0 Å². The molecule has 1 heterocycles. The Hall–Kier alpha value is -1.54. The molecule has 1 N–H and O–H groups in total. The highest BCUT2D eigenvalue weighted by Crippen LogP contribution is 2.31. The van der Waals surface area contributed by atoms with Crippen LogP contribution in [0.25, 0.3) is 0 Å². The Kier molecular flexibility index (Phi) is 3.87. The summed E-state index contributed by atoms with van der Waals surface area (Å²) in [5, 5.41) is 18.1. The van der Waals surface area contributed by atoms with Crippen LogP contribution in [0.3, 0.4) is 0 Å². The lowest BCUT2D eigenvalue weighted by atomic mass is 10.1. The van der Waals surface area contributed by atoms with Crippen LogP contribution in [0.5, 0.6) is 0 Å². The van der Waals surface area contributed by atoms with Crippen LogP contribution in [0.4, 0.5) is 5.69 Å². The Labute approximate surface area is 114 Å². The minimum absolute atomic E-state index is 0.00391. The number of nitrogens with zero attached hydrogens (tertiary/aromatic N) is 2. The molecule has 2 rings (SSSR count). The van der Waals surface area contributed by atoms with Crippen LogP contribution in [0.1, 0.15) is 24.8 Å². The maximum Gasteiger partial charge on any atom is 0.305 e. The average Bonchev–Trinajstić information content (AvgIpc) is 2.76. The molecule has 1 atom stereocenters. The lowest BCUT2D eigenvalue weighted by molar-refractivity contribution is -0.137. The Morgan fingerprint density at radius 1 is 1.61 bits per heavy atom. The quantitative estimate of drug-likeness (QED) is 0.932. The molecule has 0 amide bonds. The van der Waals surface area contributed by atoms with E-state index in [2.05, 4.69) is 22.0 Å². The third kappa shape index (κ3) is 2.65. The maximum atomic E-state index is 10.8. The van der Waals surface area contributed by atoms with E-state index in [1.165, 1.54) is 0 Å². The van der Waals surface area contributed by atoms with Crippen molar-refractivity contribution in [2.75, 3.05) is 11.4 Å². The van der Waals surface area contributed by atoms with Gasteiger partial charge in [0.25, 0.3) is 0 Å². The second kappa shape index (κ2) is 5.40. The van der Waals surface area contributed by atoms with Gasteiger partial charge in [-0.3, -0.25) is 4.79 Å². The van der Waals surface area contributed by atoms with Crippen molar-refractivity contribution in [2.45, 2.75) is 25.3 Å². The number of carbonyl (C=O) groups is 1. The highest BCUT2D eigenvalue weighted by molar-refractivity contribution is 9.10. The third-order valence-corrected chi connectivity index (χ3v) is 3.67. The van der Waals surface area contributed by atoms with E-state index in [9.17, 15) is 4.79 Å². The summed E-state index contributed by atoms with van der Waals surface area (Å²) >= 11 is 3.34. The van der Waals surface area contributed by atoms with Crippen LogP contribution in [0.15, 0.2) is 22.7 Å². The first-order chi connectivity index (χ1) is 8.61. The van der Waals surface area contributed by atoms with E-state index in [4.69, 9.17) is 10.4 Å². The van der Waals surface area contributed by atoms with Crippen molar-refractivity contribution in [3.05, 3.63) is 28.2 Å². The lowest BCUT2D eigenvalue weighted by Crippen LogP contribution is -2.31. The highest BCUT2D eigenvalue weighted by atomic mass is 79.9. The van der Waals surface area contributed by atoms with Crippen LogP contribution >= 0.6 is 15.9 Å². The zero-order valence-electron chi connectivity index (χ0n) is 9.77. The SMILES string of the molecule is N#Cc1cc(Br)ccc1N1CCCC1CC(=O)O. The van der Waals surface area contributed by atoms with Gasteiger partial charge in [-0.05, 0) is 31.0 Å². The van der Waals surface area contributed by atoms with Crippen molar-refractivity contribution in [1.29, 1.82) is 5.26 Å². The molecule has 18 heavy (non-hydrogen) atoms. The van der Waals surface area contributed by atoms with Gasteiger partial charge in [0.2, 0.25) is 0 Å². The van der Waals surface area contributed by atoms with Gasteiger partial charge in [-0.15, -0.1) is 0 Å². The summed E-state index contributed by atoms with van der Waals surface area (Å²) in [6, 6.07) is 7.69. The predicted molar refractivity (Wildman–Crippen MR) is 71.5 cm³/mol. The summed E-state index contributed by atoms with van der Waals surface area (Å²) in [6.07, 6.45) is 1.97. The van der Waals surface area contributed by atoms with Crippen LogP contribution in [-0.4, -0.2) is 23.7 Å². The van der Waals surface area contributed by atoms with Gasteiger partial charge >= 0.3 is 5.97 Å². The molecule has 1 aliphatic rings. The molecule has 4 nitrogen and oxygen atoms in total. The average molecular weight is 309 g/mol. The van der Waals surface area contributed by atoms with Gasteiger partial charge in [0.05, 0.1) is 17.7 Å². The van der Waals surface area contributed by atoms with Gasteiger partial charge in [0, 0.05) is 17.1 Å². The molecule has 1 aliphatic heterocycles. The molecule has 5 heteroatoms. The van der Waals surface area contributed by atoms with Gasteiger partial charge in [0.1, 0.15) is 6.07 Å². The fraction of sp³-hybridized carbons (Fsp3) is 0.385. The summed E-state index contributed by atoms with van der Waals surface area (Å²) in [7, 11) is 0. The van der Waals surface area contributed by atoms with Crippen LogP contribution < -0.4 is 4.90 Å². The van der Waals surface area contributed by atoms with Crippen LogP contribution in [0.2, 0.25) is 0 Å². The number of nitriles is 1. The van der Waals surface area contributed by atoms with E-state index in [-0.39, 0.29) is 12.5 Å². The van der Waals surface area contributed by atoms with Crippen molar-refractivity contribution < 1.29 is 9.90 Å². The fourth-order valence-electron chi connectivity index (χ4n) is 2.41. The molecule has 0 bridgehead atoms. The number of hydrogen-bond donors (Lipinski definition) is 1. The monoisotopic (exact) mass is 308 g/mol. The molecule has 1 unspecified atom stereocenters. The lowest BCUT2D eigenvalue weighted by Gasteiger charge is -2.26. The minimum atomic E-state index is -0.789. The molecule has 0 aromatic heterocycles. The van der Waals surface area contributed by atoms with E-state index in [1.54, 1.807) is 6.07 Å². The van der Waals surface area contributed by atoms with Gasteiger partial charge in [-0.1, -0.05) is 15.9 Å². The number of carboxylic acid groups (broad SMARTS) is 1. The summed E-state index contributed by atoms with van der Waals surface area (Å²) in [6.45, 7) is 0.814. The topological polar surface area (TPSA) is 64.3 Å². The number of benzene rings is 1. The second-order valence-corrected chi connectivity index (χ2v) is 5.28. The summed E-state index contributed by atoms with van der Waals surface area (Å²) in [4.78, 5) is 12.9. The molecule has 0 aliphatic carbocycles. The first-order valence-electron chi connectivity index (χ1n) is 5.80. The van der Waals surface area contributed by atoms with Crippen molar-refractivity contribution in [1.82, 2.24) is 0 Å². The molecular formula is C13H13BrN2O2. The molecule has 1 aromatic rings. The Bertz CT molecular complexity index is 510. The van der Waals surface area contributed by atoms with Crippen LogP contribution in [0, 0.1) is 11.3 Å². The highest BCUT2D eigenvalue weighted by Gasteiger charge is 2.28. The second-order valence-electron chi connectivity index (χ2n) is 4.36. The number of rotatable bonds is 3. The Balaban J connectivity index is 2.30. The first kappa shape index (κ1) is 12.9. The number of carboxylic acids is 1. The molecule has 1 saturated heterocycles. The van der Waals surface area contributed by atoms with Crippen molar-refractivity contribution in [3.63, 3.8) is 0 Å². The predicted octanol–water partition coefficient (Wildman–Crippen LogP) is 2.76. The van der Waals surface area contributed by atoms with Crippen molar-refractivity contribution >= 4 is 27.6 Å². The molecular weight excluding hydrogens is 296 g/mol. The van der Waals surface area contributed by atoms with Crippen LogP contribution in [-0.2, 0) is 4.79 Å². The molecule has 1 fully saturated rings. The zero-order valence-corrected chi connectivity index (χ0v) is 11.4. The van der Waals surface area contributed by atoms with E-state index >= 15 is 0 Å². The number of anilines is 1. The van der Waals surface area contributed by atoms with E-state index in [1.807, 2.05) is 17.0 Å². The molecule has 0 spiro atoms. The first-order valence-corrected chi connectivity index (χ1v) is 6.59. The summed E-state index contributed by atoms with van der Waals surface area (Å²) in [5.41, 5.74) is 1.42. The summed E-state index contributed by atoms with van der Waals surface area (Å²) < 4.78 is 0.858. The van der Waals surface area contributed by atoms with E-state index < -0.39 is 5.97 Å². The smallest absolute Gasteiger partial charge is 0.305 e. The van der Waals surface area contributed by atoms with Crippen molar-refractivity contribution in [3.8, 4) is 6.07 Å². The third-order valence-electron chi connectivity index (χ3n) is 3.18. The Morgan fingerprint density at radius 2 is 2.39 bits per heavy atom. The Morgan fingerprint density at radius 3 is 3.06 bits per heavy atom. The van der Waals surface area contributed by atoms with E-state index in [0.29, 0.717) is 5.56 Å². The van der Waals surface area contributed by atoms with Gasteiger partial charge in [-0.25, -0.2) is 0 Å². The number of halogens is 1. The van der Waals surface area contributed by atoms with E-state index in [0.717, 1.165) is 29.5 Å². The normalized spacial score (nSPS) is 18.7. The largest absolute Gasteiger partial charge is 0.481 e. The maximum absolute atomic E-state index is 10.8. The van der Waals surface area contributed by atoms with Gasteiger partial charge < -0.3 is 10.0 Å². The molecule has 0 radical (unpaired) electrons. The van der Waals surface area contributed by atoms with Gasteiger partial charge in [0.15, 0.2) is 0 Å². The minimum Gasteiger partial charge on any atom is -0.481 e.